The SMILES string of the molecule is C1=C(c2ncc[nH]2)ON(c2cc3ccccc3[nH]2)N1. The van der Waals surface area contributed by atoms with Crippen LogP contribution in [-0.2, 0) is 4.84 Å². The molecule has 1 aromatic carbocycles. The Morgan fingerprint density at radius 1 is 1.21 bits per heavy atom. The van der Waals surface area contributed by atoms with Crippen molar-refractivity contribution in [1.29, 1.82) is 0 Å². The fraction of sp³-hybridized carbons (Fsp3) is 0. The summed E-state index contributed by atoms with van der Waals surface area (Å²) in [6.07, 6.45) is 5.20. The van der Waals surface area contributed by atoms with Crippen molar-refractivity contribution in [1.82, 2.24) is 20.4 Å². The molecule has 4 rings (SSSR count). The third-order valence-corrected chi connectivity index (χ3v) is 2.97. The van der Waals surface area contributed by atoms with Crippen molar-refractivity contribution in [3.8, 4) is 0 Å². The molecule has 0 bridgehead atoms. The molecule has 3 N–H and O–H groups in total. The smallest absolute Gasteiger partial charge is 0.217 e. The Morgan fingerprint density at radius 2 is 2.16 bits per heavy atom. The molecule has 3 heterocycles. The van der Waals surface area contributed by atoms with Gasteiger partial charge in [-0.1, -0.05) is 23.4 Å². The topological polar surface area (TPSA) is 69.0 Å². The molecule has 0 fully saturated rings. The minimum absolute atomic E-state index is 0.642. The first-order chi connectivity index (χ1) is 9.40. The third kappa shape index (κ3) is 1.61. The number of imidazole rings is 1. The number of hydrogen-bond donors (Lipinski definition) is 3. The van der Waals surface area contributed by atoms with Crippen LogP contribution in [0.15, 0.2) is 48.9 Å². The molecule has 94 valence electrons. The number of rotatable bonds is 2. The number of para-hydroxylation sites is 1. The van der Waals surface area contributed by atoms with Crippen LogP contribution in [0.1, 0.15) is 5.82 Å². The molecule has 1 aliphatic heterocycles. The summed E-state index contributed by atoms with van der Waals surface area (Å²) in [6.45, 7) is 0. The number of hydrazine groups is 1. The van der Waals surface area contributed by atoms with E-state index in [1.807, 2.05) is 30.3 Å². The number of nitrogens with zero attached hydrogens (tertiary/aromatic N) is 2. The van der Waals surface area contributed by atoms with Crippen molar-refractivity contribution in [3.05, 3.63) is 54.7 Å². The second-order valence-electron chi connectivity index (χ2n) is 4.20. The van der Waals surface area contributed by atoms with E-state index in [2.05, 4.69) is 20.4 Å². The van der Waals surface area contributed by atoms with Crippen LogP contribution in [0.4, 0.5) is 5.82 Å². The largest absolute Gasteiger partial charge is 0.352 e. The van der Waals surface area contributed by atoms with Gasteiger partial charge < -0.3 is 14.8 Å². The quantitative estimate of drug-likeness (QED) is 0.654. The summed E-state index contributed by atoms with van der Waals surface area (Å²) in [4.78, 5) is 16.1. The van der Waals surface area contributed by atoms with Crippen LogP contribution in [0, 0.1) is 0 Å². The summed E-state index contributed by atoms with van der Waals surface area (Å²) in [5.74, 6) is 2.16. The fourth-order valence-corrected chi connectivity index (χ4v) is 2.07. The summed E-state index contributed by atoms with van der Waals surface area (Å²) >= 11 is 0. The number of fused-ring (bicyclic) bond motifs is 1. The van der Waals surface area contributed by atoms with E-state index in [0.29, 0.717) is 11.6 Å². The highest BCUT2D eigenvalue weighted by atomic mass is 16.7. The van der Waals surface area contributed by atoms with Crippen LogP contribution in [0.5, 0.6) is 0 Å². The lowest BCUT2D eigenvalue weighted by Crippen LogP contribution is -2.28. The molecular weight excluding hydrogens is 242 g/mol. The predicted molar refractivity (Wildman–Crippen MR) is 71.6 cm³/mol. The van der Waals surface area contributed by atoms with Gasteiger partial charge >= 0.3 is 0 Å². The van der Waals surface area contributed by atoms with Crippen LogP contribution < -0.4 is 10.6 Å². The second-order valence-corrected chi connectivity index (χ2v) is 4.20. The van der Waals surface area contributed by atoms with E-state index in [1.54, 1.807) is 23.8 Å². The molecule has 6 nitrogen and oxygen atoms in total. The Morgan fingerprint density at radius 3 is 3.00 bits per heavy atom. The Balaban J connectivity index is 1.62. The molecule has 0 amide bonds. The van der Waals surface area contributed by atoms with Crippen LogP contribution in [0.3, 0.4) is 0 Å². The average Bonchev–Trinajstić information content (AvgIpc) is 3.17. The normalized spacial score (nSPS) is 14.3. The van der Waals surface area contributed by atoms with Gasteiger partial charge in [-0.25, -0.2) is 4.98 Å². The first-order valence-corrected chi connectivity index (χ1v) is 5.92. The number of anilines is 1. The first kappa shape index (κ1) is 10.1. The Bertz CT molecular complexity index is 710. The Kier molecular flexibility index (Phi) is 2.02. The summed E-state index contributed by atoms with van der Waals surface area (Å²) in [5.41, 5.74) is 4.09. The number of aromatic nitrogens is 3. The molecule has 0 saturated carbocycles. The van der Waals surface area contributed by atoms with Gasteiger partial charge in [-0.3, -0.25) is 5.43 Å². The Hall–Kier alpha value is -2.89. The van der Waals surface area contributed by atoms with Gasteiger partial charge in [0.25, 0.3) is 0 Å². The zero-order chi connectivity index (χ0) is 12.7. The van der Waals surface area contributed by atoms with E-state index in [4.69, 9.17) is 4.84 Å². The maximum absolute atomic E-state index is 5.68. The number of hydrogen-bond acceptors (Lipinski definition) is 4. The van der Waals surface area contributed by atoms with E-state index in [9.17, 15) is 0 Å². The van der Waals surface area contributed by atoms with Gasteiger partial charge in [-0.05, 0) is 12.1 Å². The highest BCUT2D eigenvalue weighted by molar-refractivity contribution is 5.83. The van der Waals surface area contributed by atoms with E-state index in [-0.39, 0.29) is 0 Å². The number of H-pyrrole nitrogens is 2. The van der Waals surface area contributed by atoms with Gasteiger partial charge in [0.05, 0.1) is 6.20 Å². The molecule has 0 unspecified atom stereocenters. The molecule has 19 heavy (non-hydrogen) atoms. The maximum atomic E-state index is 5.68. The van der Waals surface area contributed by atoms with E-state index in [1.165, 1.54) is 0 Å². The number of benzene rings is 1. The van der Waals surface area contributed by atoms with Crippen LogP contribution in [0.2, 0.25) is 0 Å². The molecule has 0 aliphatic carbocycles. The van der Waals surface area contributed by atoms with Crippen molar-refractivity contribution in [2.45, 2.75) is 0 Å². The Labute approximate surface area is 108 Å². The summed E-state index contributed by atoms with van der Waals surface area (Å²) in [6, 6.07) is 10.1. The lowest BCUT2D eigenvalue weighted by molar-refractivity contribution is 0.239. The molecule has 2 aromatic heterocycles. The average molecular weight is 253 g/mol. The standard InChI is InChI=1S/C13H11N5O/c1-2-4-10-9(3-1)7-12(17-10)18-16-8-11(19-18)13-14-5-6-15-13/h1-8,16-17H,(H,14,15). The summed E-state index contributed by atoms with van der Waals surface area (Å²) < 4.78 is 0. The van der Waals surface area contributed by atoms with Gasteiger partial charge in [-0.15, -0.1) is 0 Å². The van der Waals surface area contributed by atoms with Crippen LogP contribution in [0.25, 0.3) is 16.7 Å². The number of nitrogens with one attached hydrogen (secondary N) is 3. The lowest BCUT2D eigenvalue weighted by atomic mass is 10.2. The summed E-state index contributed by atoms with van der Waals surface area (Å²) in [7, 11) is 0. The van der Waals surface area contributed by atoms with Gasteiger partial charge in [0.15, 0.2) is 11.6 Å². The molecular formula is C13H11N5O. The minimum Gasteiger partial charge on any atom is -0.352 e. The molecule has 0 spiro atoms. The van der Waals surface area contributed by atoms with E-state index >= 15 is 0 Å². The van der Waals surface area contributed by atoms with Crippen molar-refractivity contribution < 1.29 is 4.84 Å². The van der Waals surface area contributed by atoms with Gasteiger partial charge in [0.2, 0.25) is 5.76 Å². The fourth-order valence-electron chi connectivity index (χ4n) is 2.07. The molecule has 6 heteroatoms. The van der Waals surface area contributed by atoms with Crippen molar-refractivity contribution >= 4 is 22.5 Å². The molecule has 3 aromatic rings. The first-order valence-electron chi connectivity index (χ1n) is 5.92. The third-order valence-electron chi connectivity index (χ3n) is 2.97. The predicted octanol–water partition coefficient (Wildman–Crippen LogP) is 2.15. The molecule has 0 atom stereocenters. The van der Waals surface area contributed by atoms with Crippen LogP contribution >= 0.6 is 0 Å². The van der Waals surface area contributed by atoms with Crippen molar-refractivity contribution in [2.75, 3.05) is 5.17 Å². The van der Waals surface area contributed by atoms with Gasteiger partial charge in [0, 0.05) is 23.3 Å². The second kappa shape index (κ2) is 3.81. The van der Waals surface area contributed by atoms with Crippen molar-refractivity contribution in [2.24, 2.45) is 0 Å². The van der Waals surface area contributed by atoms with Crippen LogP contribution in [-0.4, -0.2) is 15.0 Å². The maximum Gasteiger partial charge on any atom is 0.217 e. The van der Waals surface area contributed by atoms with Crippen molar-refractivity contribution in [3.63, 3.8) is 0 Å². The lowest BCUT2D eigenvalue weighted by Gasteiger charge is -2.14. The van der Waals surface area contributed by atoms with E-state index in [0.717, 1.165) is 16.7 Å². The molecule has 1 aliphatic rings. The minimum atomic E-state index is 0.642. The van der Waals surface area contributed by atoms with Gasteiger partial charge in [-0.2, -0.15) is 0 Å². The molecule has 0 radical (unpaired) electrons. The zero-order valence-electron chi connectivity index (χ0n) is 9.92. The monoisotopic (exact) mass is 253 g/mol. The summed E-state index contributed by atoms with van der Waals surface area (Å²) in [5, 5.41) is 2.70. The number of aromatic amines is 2. The molecule has 0 saturated heterocycles. The highest BCUT2D eigenvalue weighted by Crippen LogP contribution is 2.25. The van der Waals surface area contributed by atoms with Gasteiger partial charge in [0.1, 0.15) is 0 Å². The zero-order valence-corrected chi connectivity index (χ0v) is 9.92. The van der Waals surface area contributed by atoms with E-state index < -0.39 is 0 Å². The highest BCUT2D eigenvalue weighted by Gasteiger charge is 2.20.